The summed E-state index contributed by atoms with van der Waals surface area (Å²) in [5.74, 6) is 0. The number of hydrogen-bond acceptors (Lipinski definition) is 0. The molecule has 0 saturated heterocycles. The Morgan fingerprint density at radius 3 is 1.56 bits per heavy atom. The van der Waals surface area contributed by atoms with Gasteiger partial charge in [0, 0.05) is 36.9 Å². The van der Waals surface area contributed by atoms with Crippen LogP contribution in [0.3, 0.4) is 0 Å². The fourth-order valence-corrected chi connectivity index (χ4v) is 15.8. The van der Waals surface area contributed by atoms with Crippen molar-refractivity contribution in [3.63, 3.8) is 0 Å². The molecule has 7 aromatic carbocycles. The van der Waals surface area contributed by atoms with Crippen molar-refractivity contribution in [3.05, 3.63) is 119 Å². The first-order valence-corrected chi connectivity index (χ1v) is 31.0. The number of benzene rings is 5. The van der Waals surface area contributed by atoms with Crippen molar-refractivity contribution in [1.29, 1.82) is 0 Å². The zero-order valence-corrected chi connectivity index (χ0v) is 42.2. The van der Waals surface area contributed by atoms with E-state index in [1.807, 2.05) is 0 Å². The average molecular weight is 912 g/mol. The van der Waals surface area contributed by atoms with E-state index in [0.717, 1.165) is 0 Å². The molecule has 8 aromatic rings. The second-order valence-corrected chi connectivity index (χ2v) is 29.3. The summed E-state index contributed by atoms with van der Waals surface area (Å²) in [5, 5.41) is 14.7. The van der Waals surface area contributed by atoms with Crippen LogP contribution in [0.4, 0.5) is 0 Å². The zero-order valence-electron chi connectivity index (χ0n) is 37.2. The average Bonchev–Trinajstić information content (AvgIpc) is 3.81. The van der Waals surface area contributed by atoms with Gasteiger partial charge in [-0.05, 0) is 71.1 Å². The van der Waals surface area contributed by atoms with Crippen LogP contribution in [0.2, 0.25) is 13.1 Å². The predicted molar refractivity (Wildman–Crippen MR) is 260 cm³/mol. The summed E-state index contributed by atoms with van der Waals surface area (Å²) < 4.78 is 2.33. The fourth-order valence-electron chi connectivity index (χ4n) is 11.9. The molecule has 1 aromatic heterocycles. The standard InChI is InChI=1S/C54H59NSi.2ClH.Zr/c1-32-26-37-34(33-20-21-48-40(27-33)35-16-13-14-19-47(35)55(48)10)17-15-18-36(37)49(32)56(11,12)50-41-30-45-43(51(2,3)22-24-53(45,6)7)28-38(41)39-29-44-46(31-42(39)50)54(8,9)25-23-52(44,4)5;;;/h13-21,26-31H,22-25H2,1-12H3;2*1H;/q-2;;;+4/p-2. The number of rotatable bonds is 3. The number of nitrogens with zero attached hydrogens (tertiary/aromatic N) is 1. The van der Waals surface area contributed by atoms with Crippen LogP contribution in [0.5, 0.6) is 0 Å². The van der Waals surface area contributed by atoms with Gasteiger partial charge in [0.25, 0.3) is 0 Å². The minimum absolute atomic E-state index is 0.150. The van der Waals surface area contributed by atoms with Gasteiger partial charge in [-0.25, -0.2) is 0 Å². The van der Waals surface area contributed by atoms with E-state index in [-0.39, 0.29) is 21.7 Å². The first-order valence-electron chi connectivity index (χ1n) is 21.6. The second-order valence-electron chi connectivity index (χ2n) is 21.3. The minimum atomic E-state index is -2.35. The van der Waals surface area contributed by atoms with Gasteiger partial charge in [0.05, 0.1) is 0 Å². The van der Waals surface area contributed by atoms with Crippen molar-refractivity contribution < 1.29 is 20.8 Å². The van der Waals surface area contributed by atoms with Gasteiger partial charge in [-0.3, -0.25) is 0 Å². The molecule has 0 amide bonds. The molecule has 0 spiro atoms. The van der Waals surface area contributed by atoms with Crippen LogP contribution in [0.25, 0.3) is 65.3 Å². The van der Waals surface area contributed by atoms with Crippen LogP contribution in [-0.4, -0.2) is 12.6 Å². The molecule has 2 aliphatic rings. The third-order valence-electron chi connectivity index (χ3n) is 15.4. The molecule has 59 heavy (non-hydrogen) atoms. The van der Waals surface area contributed by atoms with Gasteiger partial charge in [0.15, 0.2) is 0 Å². The Bertz CT molecular complexity index is 2910. The predicted octanol–water partition coefficient (Wildman–Crippen LogP) is 15.1. The van der Waals surface area contributed by atoms with E-state index in [2.05, 4.69) is 178 Å². The Balaban J connectivity index is 0.00000145. The summed E-state index contributed by atoms with van der Waals surface area (Å²) in [6.07, 6.45) is 4.92. The molecule has 0 radical (unpaired) electrons. The number of aromatic nitrogens is 1. The van der Waals surface area contributed by atoms with Crippen LogP contribution in [0.15, 0.2) is 91.0 Å². The van der Waals surface area contributed by atoms with Crippen LogP contribution in [0.1, 0.15) is 109 Å². The third kappa shape index (κ3) is 6.28. The van der Waals surface area contributed by atoms with Crippen LogP contribution >= 0.6 is 17.0 Å². The number of fused-ring (bicyclic) bond motifs is 9. The summed E-state index contributed by atoms with van der Waals surface area (Å²) in [4.78, 5) is 0. The Hall–Kier alpha value is -2.94. The normalized spacial score (nSPS) is 17.9. The Morgan fingerprint density at radius 1 is 0.525 bits per heavy atom. The van der Waals surface area contributed by atoms with Gasteiger partial charge in [0.2, 0.25) is 0 Å². The van der Waals surface area contributed by atoms with Gasteiger partial charge >= 0.3 is 37.9 Å². The maximum atomic E-state index is 4.93. The van der Waals surface area contributed by atoms with Crippen molar-refractivity contribution in [1.82, 2.24) is 4.57 Å². The second kappa shape index (κ2) is 14.0. The first kappa shape index (κ1) is 41.4. The van der Waals surface area contributed by atoms with Crippen LogP contribution in [0, 0.1) is 6.92 Å². The topological polar surface area (TPSA) is 4.93 Å². The Kier molecular flexibility index (Phi) is 9.85. The molecule has 302 valence electrons. The quantitative estimate of drug-likeness (QED) is 0.123. The molecule has 10 rings (SSSR count). The van der Waals surface area contributed by atoms with Crippen molar-refractivity contribution in [2.75, 3.05) is 0 Å². The molecular formula is C54H59Cl2NSiZr. The van der Waals surface area contributed by atoms with Gasteiger partial charge < -0.3 is 4.57 Å². The first-order chi connectivity index (χ1) is 27.7. The van der Waals surface area contributed by atoms with Crippen molar-refractivity contribution >= 4 is 89.6 Å². The molecule has 0 aliphatic heterocycles. The van der Waals surface area contributed by atoms with Crippen molar-refractivity contribution in [2.45, 2.75) is 123 Å². The van der Waals surface area contributed by atoms with E-state index in [0.29, 0.717) is 0 Å². The number of halogens is 2. The molecule has 0 fully saturated rings. The fraction of sp³-hybridized carbons (Fsp3) is 0.370. The van der Waals surface area contributed by atoms with Crippen molar-refractivity contribution in [2.24, 2.45) is 7.05 Å². The molecule has 0 N–H and O–H groups in total. The Morgan fingerprint density at radius 2 is 1.02 bits per heavy atom. The van der Waals surface area contributed by atoms with E-state index in [1.165, 1.54) is 96.5 Å². The van der Waals surface area contributed by atoms with Crippen LogP contribution in [-0.2, 0) is 49.6 Å². The molecule has 5 heteroatoms. The number of para-hydroxylation sites is 1. The molecule has 0 unspecified atom stereocenters. The van der Waals surface area contributed by atoms with E-state index in [4.69, 9.17) is 17.0 Å². The number of hydrogen-bond donors (Lipinski definition) is 0. The molecule has 0 atom stereocenters. The van der Waals surface area contributed by atoms with E-state index in [1.54, 1.807) is 32.6 Å². The summed E-state index contributed by atoms with van der Waals surface area (Å²) in [6.45, 7) is 27.7. The third-order valence-corrected chi connectivity index (χ3v) is 19.1. The molecule has 0 saturated carbocycles. The molecule has 2 aliphatic carbocycles. The summed E-state index contributed by atoms with van der Waals surface area (Å²) in [7, 11) is 9.71. The van der Waals surface area contributed by atoms with Gasteiger partial charge in [-0.2, -0.15) is 6.07 Å². The van der Waals surface area contributed by atoms with Crippen molar-refractivity contribution in [3.8, 4) is 11.1 Å². The zero-order chi connectivity index (χ0) is 42.2. The van der Waals surface area contributed by atoms with E-state index in [9.17, 15) is 0 Å². The van der Waals surface area contributed by atoms with Gasteiger partial charge in [-0.1, -0.05) is 146 Å². The van der Waals surface area contributed by atoms with Crippen LogP contribution < -0.4 is 10.4 Å². The summed E-state index contributed by atoms with van der Waals surface area (Å²) in [6, 6.07) is 36.3. The summed E-state index contributed by atoms with van der Waals surface area (Å²) in [5.41, 5.74) is 13.6. The molecule has 1 heterocycles. The van der Waals surface area contributed by atoms with Gasteiger partial charge in [0.1, 0.15) is 0 Å². The van der Waals surface area contributed by atoms with E-state index >= 15 is 0 Å². The maximum absolute atomic E-state index is 4.93. The van der Waals surface area contributed by atoms with E-state index < -0.39 is 28.9 Å². The SMILES string of the molecule is Cc1cc2c(-c3ccc4c(c3)c3ccccc3n4C)cccc2[c-]1[Si](C)(C)[c-]1c2cc3c(cc2c2cc4c(cc21)C(C)(C)CCC4(C)C)C(C)(C)CCC3(C)C.[Cl][Zr+2][Cl]. The molecular weight excluding hydrogens is 853 g/mol. The summed E-state index contributed by atoms with van der Waals surface area (Å²) >= 11 is -0.826. The molecule has 1 nitrogen and oxygen atoms in total. The monoisotopic (exact) mass is 909 g/mol. The number of aryl methyl sites for hydroxylation is 2. The Labute approximate surface area is 371 Å². The van der Waals surface area contributed by atoms with Gasteiger partial charge in [-0.15, -0.1) is 72.5 Å². The molecule has 0 bridgehead atoms.